The van der Waals surface area contributed by atoms with Crippen LogP contribution in [-0.2, 0) is 4.74 Å². The summed E-state index contributed by atoms with van der Waals surface area (Å²) >= 11 is 0. The predicted octanol–water partition coefficient (Wildman–Crippen LogP) is 2.53. The molecule has 0 spiro atoms. The first-order valence-electron chi connectivity index (χ1n) is 7.40. The summed E-state index contributed by atoms with van der Waals surface area (Å²) in [6, 6.07) is 10.3. The first kappa shape index (κ1) is 13.2. The first-order chi connectivity index (χ1) is 10.9. The molecular formula is C17H16N4O. The SMILES string of the molecule is c1cnc(N2CCOCC2)c(-c2ccc3ncncc3c2)c1. The number of hydrogen-bond acceptors (Lipinski definition) is 5. The lowest BCUT2D eigenvalue weighted by Crippen LogP contribution is -2.37. The standard InChI is InChI=1S/C17H16N4O/c1-2-15(17(19-5-1)21-6-8-22-9-7-21)13-3-4-16-14(10-13)11-18-12-20-16/h1-5,10-12H,6-9H2. The molecule has 2 aromatic heterocycles. The number of hydrogen-bond donors (Lipinski definition) is 0. The minimum atomic E-state index is 0.752. The van der Waals surface area contributed by atoms with Gasteiger partial charge in [-0.3, -0.25) is 0 Å². The summed E-state index contributed by atoms with van der Waals surface area (Å²) in [5.41, 5.74) is 3.22. The van der Waals surface area contributed by atoms with Crippen LogP contribution in [0, 0.1) is 0 Å². The van der Waals surface area contributed by atoms with Gasteiger partial charge in [-0.1, -0.05) is 6.07 Å². The highest BCUT2D eigenvalue weighted by Crippen LogP contribution is 2.30. The summed E-state index contributed by atoms with van der Waals surface area (Å²) in [5, 5.41) is 1.04. The number of ether oxygens (including phenoxy) is 1. The Kier molecular flexibility index (Phi) is 3.40. The Bertz CT molecular complexity index is 799. The Balaban J connectivity index is 1.80. The minimum Gasteiger partial charge on any atom is -0.378 e. The summed E-state index contributed by atoms with van der Waals surface area (Å²) in [6.45, 7) is 3.25. The van der Waals surface area contributed by atoms with Crippen LogP contribution >= 0.6 is 0 Å². The maximum Gasteiger partial charge on any atom is 0.136 e. The third-order valence-electron chi connectivity index (χ3n) is 3.91. The van der Waals surface area contributed by atoms with E-state index in [-0.39, 0.29) is 0 Å². The molecule has 0 amide bonds. The maximum absolute atomic E-state index is 5.44. The first-order valence-corrected chi connectivity index (χ1v) is 7.40. The molecule has 0 radical (unpaired) electrons. The van der Waals surface area contributed by atoms with Gasteiger partial charge in [0.15, 0.2) is 0 Å². The number of rotatable bonds is 2. The van der Waals surface area contributed by atoms with Gasteiger partial charge >= 0.3 is 0 Å². The van der Waals surface area contributed by atoms with Gasteiger partial charge in [-0.2, -0.15) is 0 Å². The Hall–Kier alpha value is -2.53. The van der Waals surface area contributed by atoms with Gasteiger partial charge in [0.25, 0.3) is 0 Å². The highest BCUT2D eigenvalue weighted by atomic mass is 16.5. The summed E-state index contributed by atoms with van der Waals surface area (Å²) < 4.78 is 5.44. The summed E-state index contributed by atoms with van der Waals surface area (Å²) in [6.07, 6.45) is 5.26. The lowest BCUT2D eigenvalue weighted by molar-refractivity contribution is 0.122. The maximum atomic E-state index is 5.44. The molecule has 3 heterocycles. The number of morpholine rings is 1. The van der Waals surface area contributed by atoms with E-state index in [1.807, 2.05) is 24.5 Å². The zero-order valence-electron chi connectivity index (χ0n) is 12.1. The molecule has 110 valence electrons. The van der Waals surface area contributed by atoms with E-state index in [9.17, 15) is 0 Å². The molecule has 4 rings (SSSR count). The van der Waals surface area contributed by atoms with Crippen LogP contribution in [0.25, 0.3) is 22.0 Å². The molecule has 0 saturated carbocycles. The van der Waals surface area contributed by atoms with Crippen molar-refractivity contribution in [2.24, 2.45) is 0 Å². The van der Waals surface area contributed by atoms with Crippen molar-refractivity contribution in [3.8, 4) is 11.1 Å². The van der Waals surface area contributed by atoms with Gasteiger partial charge in [-0.15, -0.1) is 0 Å². The monoisotopic (exact) mass is 292 g/mol. The number of anilines is 1. The molecule has 0 atom stereocenters. The zero-order valence-corrected chi connectivity index (χ0v) is 12.1. The molecular weight excluding hydrogens is 276 g/mol. The average molecular weight is 292 g/mol. The molecule has 1 fully saturated rings. The molecule has 1 saturated heterocycles. The molecule has 3 aromatic rings. The van der Waals surface area contributed by atoms with Crippen LogP contribution in [0.4, 0.5) is 5.82 Å². The fourth-order valence-electron chi connectivity index (χ4n) is 2.80. The van der Waals surface area contributed by atoms with Crippen molar-refractivity contribution < 1.29 is 4.74 Å². The smallest absolute Gasteiger partial charge is 0.136 e. The Morgan fingerprint density at radius 3 is 2.86 bits per heavy atom. The van der Waals surface area contributed by atoms with Crippen LogP contribution in [0.5, 0.6) is 0 Å². The van der Waals surface area contributed by atoms with Crippen molar-refractivity contribution in [2.45, 2.75) is 0 Å². The van der Waals surface area contributed by atoms with E-state index in [0.29, 0.717) is 0 Å². The van der Waals surface area contributed by atoms with Crippen LogP contribution in [0.2, 0.25) is 0 Å². The topological polar surface area (TPSA) is 51.1 Å². The third-order valence-corrected chi connectivity index (χ3v) is 3.91. The molecule has 5 heteroatoms. The number of pyridine rings is 1. The van der Waals surface area contributed by atoms with Gasteiger partial charge in [-0.25, -0.2) is 15.0 Å². The van der Waals surface area contributed by atoms with Crippen LogP contribution in [0.1, 0.15) is 0 Å². The van der Waals surface area contributed by atoms with Crippen LogP contribution in [-0.4, -0.2) is 41.3 Å². The van der Waals surface area contributed by atoms with Gasteiger partial charge in [0, 0.05) is 36.4 Å². The normalized spacial score (nSPS) is 15.2. The van der Waals surface area contributed by atoms with Crippen LogP contribution in [0.3, 0.4) is 0 Å². The van der Waals surface area contributed by atoms with Gasteiger partial charge in [0.05, 0.1) is 18.7 Å². The molecule has 0 N–H and O–H groups in total. The third kappa shape index (κ3) is 2.40. The Morgan fingerprint density at radius 1 is 1.05 bits per heavy atom. The molecule has 0 unspecified atom stereocenters. The number of fused-ring (bicyclic) bond motifs is 1. The summed E-state index contributed by atoms with van der Waals surface area (Å²) in [7, 11) is 0. The lowest BCUT2D eigenvalue weighted by atomic mass is 10.0. The lowest BCUT2D eigenvalue weighted by Gasteiger charge is -2.29. The van der Waals surface area contributed by atoms with Crippen LogP contribution in [0.15, 0.2) is 49.1 Å². The quantitative estimate of drug-likeness (QED) is 0.726. The van der Waals surface area contributed by atoms with Gasteiger partial charge in [0.1, 0.15) is 12.1 Å². The fraction of sp³-hybridized carbons (Fsp3) is 0.235. The number of aromatic nitrogens is 3. The Morgan fingerprint density at radius 2 is 1.95 bits per heavy atom. The number of benzene rings is 1. The molecule has 1 aliphatic heterocycles. The van der Waals surface area contributed by atoms with Crippen molar-refractivity contribution in [1.82, 2.24) is 15.0 Å². The summed E-state index contributed by atoms with van der Waals surface area (Å²) in [4.78, 5) is 15.3. The van der Waals surface area contributed by atoms with Gasteiger partial charge in [0.2, 0.25) is 0 Å². The second-order valence-corrected chi connectivity index (χ2v) is 5.27. The highest BCUT2D eigenvalue weighted by Gasteiger charge is 2.16. The van der Waals surface area contributed by atoms with Gasteiger partial charge in [-0.05, 0) is 29.8 Å². The van der Waals surface area contributed by atoms with E-state index in [1.54, 1.807) is 6.33 Å². The van der Waals surface area contributed by atoms with E-state index >= 15 is 0 Å². The fourth-order valence-corrected chi connectivity index (χ4v) is 2.80. The van der Waals surface area contributed by atoms with E-state index in [0.717, 1.165) is 54.2 Å². The Labute approximate surface area is 128 Å². The van der Waals surface area contributed by atoms with Crippen molar-refractivity contribution in [3.63, 3.8) is 0 Å². The number of nitrogens with zero attached hydrogens (tertiary/aromatic N) is 4. The molecule has 1 aromatic carbocycles. The van der Waals surface area contributed by atoms with E-state index in [2.05, 4.69) is 38.1 Å². The van der Waals surface area contributed by atoms with Crippen molar-refractivity contribution in [3.05, 3.63) is 49.1 Å². The van der Waals surface area contributed by atoms with Gasteiger partial charge < -0.3 is 9.64 Å². The van der Waals surface area contributed by atoms with Crippen molar-refractivity contribution in [1.29, 1.82) is 0 Å². The highest BCUT2D eigenvalue weighted by molar-refractivity contribution is 5.86. The van der Waals surface area contributed by atoms with E-state index < -0.39 is 0 Å². The predicted molar refractivity (Wildman–Crippen MR) is 85.8 cm³/mol. The van der Waals surface area contributed by atoms with Crippen LogP contribution < -0.4 is 4.90 Å². The molecule has 5 nitrogen and oxygen atoms in total. The second kappa shape index (κ2) is 5.69. The zero-order chi connectivity index (χ0) is 14.8. The molecule has 1 aliphatic rings. The van der Waals surface area contributed by atoms with Crippen molar-refractivity contribution >= 4 is 16.7 Å². The molecule has 22 heavy (non-hydrogen) atoms. The molecule has 0 aliphatic carbocycles. The van der Waals surface area contributed by atoms with E-state index in [4.69, 9.17) is 4.74 Å². The second-order valence-electron chi connectivity index (χ2n) is 5.27. The summed E-state index contributed by atoms with van der Waals surface area (Å²) in [5.74, 6) is 1.02. The average Bonchev–Trinajstić information content (AvgIpc) is 2.62. The largest absolute Gasteiger partial charge is 0.378 e. The minimum absolute atomic E-state index is 0.752. The van der Waals surface area contributed by atoms with Crippen molar-refractivity contribution in [2.75, 3.05) is 31.2 Å². The van der Waals surface area contributed by atoms with E-state index in [1.165, 1.54) is 0 Å². The molecule has 0 bridgehead atoms.